The number of methoxy groups -OCH3 is 1. The van der Waals surface area contributed by atoms with Gasteiger partial charge in [-0.1, -0.05) is 12.1 Å². The van der Waals surface area contributed by atoms with Gasteiger partial charge in [0.1, 0.15) is 5.75 Å². The Morgan fingerprint density at radius 1 is 1.21 bits per heavy atom. The fraction of sp³-hybridized carbons (Fsp3) is 0.600. The zero-order valence-electron chi connectivity index (χ0n) is 11.8. The maximum Gasteiger partial charge on any atom is 0.115 e. The van der Waals surface area contributed by atoms with E-state index in [1.807, 2.05) is 12.1 Å². The summed E-state index contributed by atoms with van der Waals surface area (Å²) in [7, 11) is 1.59. The van der Waals surface area contributed by atoms with Gasteiger partial charge in [-0.15, -0.1) is 0 Å². The van der Waals surface area contributed by atoms with E-state index in [-0.39, 0.29) is 6.10 Å². The molecule has 0 amide bonds. The predicted molar refractivity (Wildman–Crippen MR) is 76.4 cm³/mol. The van der Waals surface area contributed by atoms with E-state index in [4.69, 9.17) is 4.74 Å². The van der Waals surface area contributed by atoms with Crippen LogP contribution in [-0.2, 0) is 11.2 Å². The number of phenolic OH excluding ortho intramolecular Hbond substituents is 1. The van der Waals surface area contributed by atoms with Crippen molar-refractivity contribution in [1.82, 2.24) is 5.32 Å². The molecule has 1 rings (SSSR count). The standard InChI is InChI=1S/C15H25NO3/c1-12(16-10-9-15(18)11-19-2)3-4-13-5-7-14(17)8-6-13/h5-8,12,15-18H,3-4,9-11H2,1-2H3. The van der Waals surface area contributed by atoms with Crippen molar-refractivity contribution in [3.63, 3.8) is 0 Å². The third-order valence-corrected chi connectivity index (χ3v) is 3.13. The highest BCUT2D eigenvalue weighted by Crippen LogP contribution is 2.11. The van der Waals surface area contributed by atoms with Gasteiger partial charge in [-0.2, -0.15) is 0 Å². The van der Waals surface area contributed by atoms with Crippen molar-refractivity contribution < 1.29 is 14.9 Å². The van der Waals surface area contributed by atoms with Crippen LogP contribution in [-0.4, -0.2) is 42.6 Å². The van der Waals surface area contributed by atoms with Gasteiger partial charge in [0, 0.05) is 13.2 Å². The summed E-state index contributed by atoms with van der Waals surface area (Å²) in [6.07, 6.45) is 2.33. The van der Waals surface area contributed by atoms with Crippen LogP contribution in [0.1, 0.15) is 25.3 Å². The van der Waals surface area contributed by atoms with Gasteiger partial charge in [-0.25, -0.2) is 0 Å². The number of rotatable bonds is 9. The Kier molecular flexibility index (Phi) is 7.48. The number of ether oxygens (including phenoxy) is 1. The number of aryl methyl sites for hydroxylation is 1. The molecule has 0 saturated heterocycles. The lowest BCUT2D eigenvalue weighted by Gasteiger charge is -2.15. The van der Waals surface area contributed by atoms with Gasteiger partial charge >= 0.3 is 0 Å². The number of hydrogen-bond acceptors (Lipinski definition) is 4. The lowest BCUT2D eigenvalue weighted by atomic mass is 10.1. The average Bonchev–Trinajstić information content (AvgIpc) is 2.38. The van der Waals surface area contributed by atoms with E-state index in [1.54, 1.807) is 19.2 Å². The van der Waals surface area contributed by atoms with Gasteiger partial charge in [0.05, 0.1) is 12.7 Å². The SMILES string of the molecule is COCC(O)CCNC(C)CCc1ccc(O)cc1. The molecule has 2 atom stereocenters. The number of nitrogens with one attached hydrogen (secondary N) is 1. The molecular formula is C15H25NO3. The molecule has 2 unspecified atom stereocenters. The topological polar surface area (TPSA) is 61.7 Å². The van der Waals surface area contributed by atoms with Crippen molar-refractivity contribution in [1.29, 1.82) is 0 Å². The second kappa shape index (κ2) is 8.91. The Hall–Kier alpha value is -1.10. The summed E-state index contributed by atoms with van der Waals surface area (Å²) in [4.78, 5) is 0. The highest BCUT2D eigenvalue weighted by atomic mass is 16.5. The molecule has 0 fully saturated rings. The Morgan fingerprint density at radius 3 is 2.53 bits per heavy atom. The van der Waals surface area contributed by atoms with E-state index in [1.165, 1.54) is 5.56 Å². The van der Waals surface area contributed by atoms with Crippen LogP contribution in [0.5, 0.6) is 5.75 Å². The van der Waals surface area contributed by atoms with Crippen molar-refractivity contribution in [2.45, 2.75) is 38.3 Å². The fourth-order valence-electron chi connectivity index (χ4n) is 1.92. The molecule has 0 aliphatic rings. The van der Waals surface area contributed by atoms with Crippen LogP contribution in [0.2, 0.25) is 0 Å². The lowest BCUT2D eigenvalue weighted by molar-refractivity contribution is 0.0590. The molecule has 0 spiro atoms. The monoisotopic (exact) mass is 267 g/mol. The average molecular weight is 267 g/mol. The maximum atomic E-state index is 9.51. The van der Waals surface area contributed by atoms with Gasteiger partial charge < -0.3 is 20.3 Å². The fourth-order valence-corrected chi connectivity index (χ4v) is 1.92. The zero-order valence-corrected chi connectivity index (χ0v) is 11.8. The maximum absolute atomic E-state index is 9.51. The number of aliphatic hydroxyl groups excluding tert-OH is 1. The van der Waals surface area contributed by atoms with Crippen LogP contribution in [0.25, 0.3) is 0 Å². The molecule has 4 heteroatoms. The second-order valence-corrected chi connectivity index (χ2v) is 4.96. The van der Waals surface area contributed by atoms with Gasteiger partial charge in [-0.05, 0) is 50.4 Å². The summed E-state index contributed by atoms with van der Waals surface area (Å²) >= 11 is 0. The number of benzene rings is 1. The first-order chi connectivity index (χ1) is 9.11. The third kappa shape index (κ3) is 7.15. The summed E-state index contributed by atoms with van der Waals surface area (Å²) in [6, 6.07) is 7.74. The van der Waals surface area contributed by atoms with Gasteiger partial charge in [0.15, 0.2) is 0 Å². The largest absolute Gasteiger partial charge is 0.508 e. The smallest absolute Gasteiger partial charge is 0.115 e. The second-order valence-electron chi connectivity index (χ2n) is 4.96. The molecule has 3 N–H and O–H groups in total. The zero-order chi connectivity index (χ0) is 14.1. The van der Waals surface area contributed by atoms with Crippen LogP contribution in [0, 0.1) is 0 Å². The highest BCUT2D eigenvalue weighted by Gasteiger charge is 2.05. The van der Waals surface area contributed by atoms with Crippen molar-refractivity contribution in [3.8, 4) is 5.75 Å². The minimum absolute atomic E-state index is 0.307. The van der Waals surface area contributed by atoms with Crippen molar-refractivity contribution in [3.05, 3.63) is 29.8 Å². The van der Waals surface area contributed by atoms with Crippen molar-refractivity contribution in [2.75, 3.05) is 20.3 Å². The molecule has 0 aromatic heterocycles. The molecule has 0 bridgehead atoms. The first-order valence-corrected chi connectivity index (χ1v) is 6.80. The predicted octanol–water partition coefficient (Wildman–Crippen LogP) is 1.70. The van der Waals surface area contributed by atoms with E-state index in [0.717, 1.165) is 19.4 Å². The van der Waals surface area contributed by atoms with E-state index >= 15 is 0 Å². The summed E-state index contributed by atoms with van der Waals surface area (Å²) in [5.74, 6) is 0.307. The number of aromatic hydroxyl groups is 1. The summed E-state index contributed by atoms with van der Waals surface area (Å²) in [5.41, 5.74) is 1.23. The number of hydrogen-bond donors (Lipinski definition) is 3. The van der Waals surface area contributed by atoms with Crippen LogP contribution < -0.4 is 5.32 Å². The molecule has 0 aliphatic carbocycles. The molecule has 108 valence electrons. The molecular weight excluding hydrogens is 242 g/mol. The van der Waals surface area contributed by atoms with Gasteiger partial charge in [0.25, 0.3) is 0 Å². The molecule has 1 aromatic rings. The quantitative estimate of drug-likeness (QED) is 0.637. The van der Waals surface area contributed by atoms with E-state index in [0.29, 0.717) is 24.8 Å². The molecule has 0 heterocycles. The van der Waals surface area contributed by atoms with Crippen LogP contribution in [0.3, 0.4) is 0 Å². The lowest BCUT2D eigenvalue weighted by Crippen LogP contribution is -2.30. The normalized spacial score (nSPS) is 14.3. The highest BCUT2D eigenvalue weighted by molar-refractivity contribution is 5.25. The third-order valence-electron chi connectivity index (χ3n) is 3.13. The Morgan fingerprint density at radius 2 is 1.89 bits per heavy atom. The molecule has 4 nitrogen and oxygen atoms in total. The van der Waals surface area contributed by atoms with E-state index in [2.05, 4.69) is 12.2 Å². The Labute approximate surface area is 115 Å². The summed E-state index contributed by atoms with van der Waals surface area (Å²) in [6.45, 7) is 3.33. The number of aliphatic hydroxyl groups is 1. The van der Waals surface area contributed by atoms with Crippen LogP contribution in [0.15, 0.2) is 24.3 Å². The van der Waals surface area contributed by atoms with Gasteiger partial charge in [-0.3, -0.25) is 0 Å². The first-order valence-electron chi connectivity index (χ1n) is 6.80. The van der Waals surface area contributed by atoms with E-state index in [9.17, 15) is 10.2 Å². The molecule has 0 aliphatic heterocycles. The molecule has 0 radical (unpaired) electrons. The Balaban J connectivity index is 2.14. The van der Waals surface area contributed by atoms with E-state index < -0.39 is 0 Å². The van der Waals surface area contributed by atoms with Crippen molar-refractivity contribution in [2.24, 2.45) is 0 Å². The molecule has 19 heavy (non-hydrogen) atoms. The first kappa shape index (κ1) is 16.0. The molecule has 1 aromatic carbocycles. The van der Waals surface area contributed by atoms with Crippen molar-refractivity contribution >= 4 is 0 Å². The van der Waals surface area contributed by atoms with Gasteiger partial charge in [0.2, 0.25) is 0 Å². The minimum atomic E-state index is -0.387. The summed E-state index contributed by atoms with van der Waals surface area (Å²) in [5, 5.41) is 22.1. The number of phenols is 1. The molecule has 0 saturated carbocycles. The minimum Gasteiger partial charge on any atom is -0.508 e. The van der Waals surface area contributed by atoms with Crippen LogP contribution in [0.4, 0.5) is 0 Å². The Bertz CT molecular complexity index is 340. The summed E-state index contributed by atoms with van der Waals surface area (Å²) < 4.78 is 4.88. The van der Waals surface area contributed by atoms with Crippen LogP contribution >= 0.6 is 0 Å².